The molecule has 5 saturated heterocycles. The predicted molar refractivity (Wildman–Crippen MR) is 404 cm³/mol. The maximum atomic E-state index is 12.8. The first-order chi connectivity index (χ1) is 53.9. The fraction of sp³-hybridized carbons (Fsp3) is 0.507. The van der Waals surface area contributed by atoms with Gasteiger partial charge in [-0.25, -0.2) is 15.0 Å². The number of halogens is 1. The van der Waals surface area contributed by atoms with Gasteiger partial charge in [0.1, 0.15) is 86.1 Å². The zero-order valence-corrected chi connectivity index (χ0v) is 66.6. The normalized spacial score (nSPS) is 24.9. The van der Waals surface area contributed by atoms with Crippen LogP contribution in [0.25, 0.3) is 33.5 Å². The Bertz CT molecular complexity index is 4980. The van der Waals surface area contributed by atoms with E-state index < -0.39 is 121 Å². The number of imidazole rings is 3. The van der Waals surface area contributed by atoms with Gasteiger partial charge in [0, 0.05) is 0 Å². The summed E-state index contributed by atoms with van der Waals surface area (Å²) in [6.07, 6.45) is -6.51. The van der Waals surface area contributed by atoms with E-state index in [4.69, 9.17) is 82.3 Å². The highest BCUT2D eigenvalue weighted by atomic mass is 35.5. The first kappa shape index (κ1) is 84.4. The number of benzene rings is 3. The Kier molecular flexibility index (Phi) is 26.9. The Balaban J connectivity index is 0.000000158. The van der Waals surface area contributed by atoms with Gasteiger partial charge in [-0.1, -0.05) is 91.0 Å². The van der Waals surface area contributed by atoms with Crippen molar-refractivity contribution in [3.63, 3.8) is 0 Å². The van der Waals surface area contributed by atoms with Gasteiger partial charge in [0.15, 0.2) is 81.2 Å². The fourth-order valence-corrected chi connectivity index (χ4v) is 16.2. The Hall–Kier alpha value is -8.05. The Labute approximate surface area is 653 Å². The zero-order valence-electron chi connectivity index (χ0n) is 63.2. The summed E-state index contributed by atoms with van der Waals surface area (Å²) in [6.45, 7) is 18.7. The average molecular weight is 1640 g/mol. The van der Waals surface area contributed by atoms with Crippen molar-refractivity contribution in [1.29, 1.82) is 10.5 Å². The fourth-order valence-electron chi connectivity index (χ4n) is 13.5. The maximum absolute atomic E-state index is 12.8. The zero-order chi connectivity index (χ0) is 80.7. The average Bonchev–Trinajstić information content (AvgIpc) is 1.59. The molecule has 606 valence electrons. The summed E-state index contributed by atoms with van der Waals surface area (Å²) in [5.74, 6) is -0.667. The van der Waals surface area contributed by atoms with Gasteiger partial charge in [-0.15, -0.1) is 0 Å². The second kappa shape index (κ2) is 36.0. The lowest BCUT2D eigenvalue weighted by Crippen LogP contribution is -2.33. The lowest BCUT2D eigenvalue weighted by Gasteiger charge is -2.25. The minimum absolute atomic E-state index is 0.0266. The number of nitriles is 2. The third kappa shape index (κ3) is 20.1. The van der Waals surface area contributed by atoms with Crippen molar-refractivity contribution in [2.45, 2.75) is 173 Å². The van der Waals surface area contributed by atoms with Crippen LogP contribution < -0.4 is 16.0 Å². The van der Waals surface area contributed by atoms with E-state index in [0.717, 1.165) is 16.7 Å². The summed E-state index contributed by atoms with van der Waals surface area (Å²) in [5.41, 5.74) is 5.53. The van der Waals surface area contributed by atoms with E-state index in [1.807, 2.05) is 138 Å². The van der Waals surface area contributed by atoms with Crippen LogP contribution in [0.5, 0.6) is 0 Å². The van der Waals surface area contributed by atoms with Crippen molar-refractivity contribution in [3.8, 4) is 12.1 Å². The van der Waals surface area contributed by atoms with Crippen LogP contribution in [0, 0.1) is 22.7 Å². The minimum Gasteiger partial charge on any atom is -0.387 e. The van der Waals surface area contributed by atoms with E-state index in [1.165, 1.54) is 10.9 Å². The minimum atomic E-state index is -4.39. The van der Waals surface area contributed by atoms with Crippen LogP contribution in [0.4, 0.5) is 17.5 Å². The van der Waals surface area contributed by atoms with Crippen LogP contribution in [0.1, 0.15) is 134 Å². The smallest absolute Gasteiger partial charge is 0.356 e. The molecule has 0 bridgehead atoms. The molecule has 11 heterocycles. The molecule has 5 fully saturated rings. The monoisotopic (exact) mass is 1640 g/mol. The van der Waals surface area contributed by atoms with Gasteiger partial charge in [-0.05, 0) is 97.5 Å². The molecule has 0 amide bonds. The molecule has 9 aromatic rings. The van der Waals surface area contributed by atoms with Gasteiger partial charge >= 0.3 is 22.8 Å². The molecule has 0 saturated carbocycles. The summed E-state index contributed by atoms with van der Waals surface area (Å²) in [7, 11) is -11.6. The van der Waals surface area contributed by atoms with Gasteiger partial charge in [-0.2, -0.15) is 40.4 Å². The van der Waals surface area contributed by atoms with E-state index >= 15 is 0 Å². The van der Waals surface area contributed by atoms with Crippen LogP contribution in [0.2, 0.25) is 5.28 Å². The molecule has 14 rings (SSSR count). The Morgan fingerprint density at radius 3 is 1.27 bits per heavy atom. The first-order valence-electron chi connectivity index (χ1n) is 36.2. The van der Waals surface area contributed by atoms with Gasteiger partial charge in [0.05, 0.1) is 76.7 Å². The molecular formula is C71H89ClN17O21P3. The molecule has 8 N–H and O–H groups in total. The van der Waals surface area contributed by atoms with Crippen LogP contribution >= 0.6 is 34.4 Å². The first-order valence-corrected chi connectivity index (χ1v) is 41.9. The number of ether oxygens (including phenoxy) is 10. The standard InChI is InChI=1S/C26H35ClN5O7P.C25H31N6O7P.C20H23N6O7P/c1-6-35-40(33,36-7-2)15-34-13-18-20-21(39-26(4,5)38-20)24(37-18)32-14-28-19-22(30-25(27)31-23(19)32)29-16(3)17-11-9-8-10-12-17;1-5-35-39(32,33)14-34-12-17-20-21(38-25(3,4)37-20)24(36-17)31-13-27-19-22(29-18(11-26)30-23(19)31)28-15(2)16-9-7-6-8-10-16;1-11(12-5-3-2-4-6-12)23-18-15-19(25-14(7-21)24-18)26(9-22-15)20-17(28)16(27)13(33-20)8-32-10-34(29,30)31/h8-12,14,16,18,20-21,24H,6-7,13,15H2,1-5H3,(H,29,30,31);6-10,13,15,17,20-21,24H,5,12,14H2,1-4H3,(H,32,33)(H,28,29,30);2-6,9,11,13,16-17,20,27-28H,8,10H2,1H3,(H,23,24,25)(H2,29,30,31)/t16-,18+,20+,21+,24+;15-,17+,20+,21+,24+;11-,13+,16+,17+,20+/m000/s1. The number of hydrogen-bond acceptors (Lipinski definition) is 32. The third-order valence-corrected chi connectivity index (χ3v) is 22.1. The number of nitrogens with zero attached hydrogens (tertiary/aromatic N) is 14. The number of nitrogens with one attached hydrogen (secondary N) is 3. The number of anilines is 3. The largest absolute Gasteiger partial charge is 0.387 e. The molecule has 5 aliphatic rings. The maximum Gasteiger partial charge on any atom is 0.356 e. The molecule has 16 atom stereocenters. The van der Waals surface area contributed by atoms with Gasteiger partial charge in [0.2, 0.25) is 16.9 Å². The molecule has 3 aromatic carbocycles. The molecule has 0 radical (unpaired) electrons. The molecule has 0 spiro atoms. The molecule has 5 aliphatic heterocycles. The quantitative estimate of drug-likeness (QED) is 0.0153. The van der Waals surface area contributed by atoms with E-state index in [2.05, 4.69) is 60.8 Å². The third-order valence-electron chi connectivity index (χ3n) is 18.4. The Morgan fingerprint density at radius 2 is 0.858 bits per heavy atom. The molecule has 1 unspecified atom stereocenters. The number of aliphatic hydroxyl groups is 2. The van der Waals surface area contributed by atoms with Crippen molar-refractivity contribution >= 4 is 85.3 Å². The number of fused-ring (bicyclic) bond motifs is 5. The van der Waals surface area contributed by atoms with Crippen molar-refractivity contribution in [2.75, 3.05) is 74.6 Å². The SMILES string of the molecule is CCOP(=O)(COC[C@H]1O[C@@H](n2cnc3c(N[C@@H](C)c4ccccc4)nc(Cl)nc32)[C@@H]2OC(C)(C)O[C@@H]21)OCC.CCOP(=O)(O)COC[C@H]1O[C@@H](n2cnc3c(N[C@@H](C)c4ccccc4)nc(C#N)nc32)[C@@H]2OC(C)(C)O[C@@H]21.C[C@H](Nc1nc(C#N)nc2c1ncn2[C@@H]1O[C@H](COCP(=O)(O)O)[C@@H](O)[C@H]1O)c1ccccc1. The van der Waals surface area contributed by atoms with Crippen molar-refractivity contribution in [3.05, 3.63) is 144 Å². The summed E-state index contributed by atoms with van der Waals surface area (Å²) < 4.78 is 115. The van der Waals surface area contributed by atoms with Gasteiger partial charge in [-0.3, -0.25) is 27.4 Å². The topological polar surface area (TPSA) is 487 Å². The molecule has 0 aliphatic carbocycles. The van der Waals surface area contributed by atoms with Crippen LogP contribution in [-0.4, -0.2) is 209 Å². The van der Waals surface area contributed by atoms with Crippen LogP contribution in [0.3, 0.4) is 0 Å². The number of aromatic nitrogens is 12. The number of aliphatic hydroxyl groups excluding tert-OH is 2. The van der Waals surface area contributed by atoms with E-state index in [-0.39, 0.29) is 86.7 Å². The summed E-state index contributed by atoms with van der Waals surface area (Å²) in [4.78, 5) is 67.2. The van der Waals surface area contributed by atoms with Crippen molar-refractivity contribution < 1.29 is 99.5 Å². The molecular weight excluding hydrogens is 1560 g/mol. The van der Waals surface area contributed by atoms with Crippen molar-refractivity contribution in [1.82, 2.24) is 58.6 Å². The van der Waals surface area contributed by atoms with Crippen LogP contribution in [-0.2, 0) is 74.6 Å². The van der Waals surface area contributed by atoms with Gasteiger partial charge < -0.3 is 102 Å². The highest BCUT2D eigenvalue weighted by Crippen LogP contribution is 2.50. The lowest BCUT2D eigenvalue weighted by atomic mass is 10.1. The summed E-state index contributed by atoms with van der Waals surface area (Å²) >= 11 is 6.37. The number of hydrogen-bond donors (Lipinski definition) is 8. The van der Waals surface area contributed by atoms with E-state index in [0.29, 0.717) is 45.3 Å². The molecule has 6 aromatic heterocycles. The second-order valence-electron chi connectivity index (χ2n) is 27.6. The van der Waals surface area contributed by atoms with E-state index in [9.17, 15) is 39.3 Å². The van der Waals surface area contributed by atoms with Crippen molar-refractivity contribution in [2.24, 2.45) is 0 Å². The highest BCUT2D eigenvalue weighted by molar-refractivity contribution is 7.53. The summed E-state index contributed by atoms with van der Waals surface area (Å²) in [6, 6.07) is 33.0. The predicted octanol–water partition coefficient (Wildman–Crippen LogP) is 9.44. The lowest BCUT2D eigenvalue weighted by molar-refractivity contribution is -0.201. The highest BCUT2D eigenvalue weighted by Gasteiger charge is 2.58. The number of rotatable bonds is 30. The van der Waals surface area contributed by atoms with Crippen LogP contribution in [0.15, 0.2) is 110 Å². The van der Waals surface area contributed by atoms with Gasteiger partial charge in [0.25, 0.3) is 0 Å². The molecule has 38 nitrogen and oxygen atoms in total. The molecule has 42 heteroatoms. The molecule has 113 heavy (non-hydrogen) atoms. The summed E-state index contributed by atoms with van der Waals surface area (Å²) in [5, 5.41) is 50.0. The van der Waals surface area contributed by atoms with E-state index in [1.54, 1.807) is 56.4 Å². The second-order valence-corrected chi connectivity index (χ2v) is 33.3. The Morgan fingerprint density at radius 1 is 0.496 bits per heavy atom.